The first-order valence-electron chi connectivity index (χ1n) is 7.77. The molecule has 4 aromatic rings. The lowest BCUT2D eigenvalue weighted by Gasteiger charge is -2.06. The standard InChI is InChI=1S/C19H16N4O2/c1-25-15-7-5-12(6-8-15)17-10-16-18(20-11-21-19(16)23-17)22-13-3-2-4-14(24)9-13/h2-11,24H,1H3,(H2,20,21,22,23). The normalized spacial score (nSPS) is 10.8. The average Bonchev–Trinajstić information content (AvgIpc) is 3.07. The zero-order chi connectivity index (χ0) is 17.2. The minimum Gasteiger partial charge on any atom is -0.508 e. The van der Waals surface area contributed by atoms with Crippen molar-refractivity contribution in [2.45, 2.75) is 0 Å². The van der Waals surface area contributed by atoms with E-state index in [0.717, 1.165) is 33.7 Å². The van der Waals surface area contributed by atoms with Gasteiger partial charge in [-0.05, 0) is 48.0 Å². The van der Waals surface area contributed by atoms with Crippen molar-refractivity contribution in [2.24, 2.45) is 0 Å². The average molecular weight is 332 g/mol. The third kappa shape index (κ3) is 2.97. The van der Waals surface area contributed by atoms with E-state index in [1.165, 1.54) is 6.33 Å². The van der Waals surface area contributed by atoms with Gasteiger partial charge in [0, 0.05) is 17.4 Å². The summed E-state index contributed by atoms with van der Waals surface area (Å²) in [5.41, 5.74) is 3.47. The molecule has 2 aromatic carbocycles. The molecule has 3 N–H and O–H groups in total. The molecule has 4 rings (SSSR count). The van der Waals surface area contributed by atoms with Crippen LogP contribution in [0.1, 0.15) is 0 Å². The summed E-state index contributed by atoms with van der Waals surface area (Å²) < 4.78 is 5.20. The number of hydrogen-bond acceptors (Lipinski definition) is 5. The largest absolute Gasteiger partial charge is 0.508 e. The molecule has 2 aromatic heterocycles. The van der Waals surface area contributed by atoms with Crippen LogP contribution in [0.2, 0.25) is 0 Å². The summed E-state index contributed by atoms with van der Waals surface area (Å²) in [6, 6.07) is 16.7. The summed E-state index contributed by atoms with van der Waals surface area (Å²) in [4.78, 5) is 11.9. The number of anilines is 2. The van der Waals surface area contributed by atoms with Crippen molar-refractivity contribution in [1.82, 2.24) is 15.0 Å². The van der Waals surface area contributed by atoms with Crippen molar-refractivity contribution in [1.29, 1.82) is 0 Å². The van der Waals surface area contributed by atoms with Crippen LogP contribution in [0.3, 0.4) is 0 Å². The Labute approximate surface area is 144 Å². The number of H-pyrrole nitrogens is 1. The highest BCUT2D eigenvalue weighted by Gasteiger charge is 2.10. The highest BCUT2D eigenvalue weighted by atomic mass is 16.5. The van der Waals surface area contributed by atoms with Gasteiger partial charge < -0.3 is 20.1 Å². The van der Waals surface area contributed by atoms with Crippen molar-refractivity contribution in [3.8, 4) is 22.8 Å². The van der Waals surface area contributed by atoms with E-state index in [1.807, 2.05) is 36.4 Å². The smallest absolute Gasteiger partial charge is 0.143 e. The fourth-order valence-corrected chi connectivity index (χ4v) is 2.69. The van der Waals surface area contributed by atoms with Crippen LogP contribution in [0, 0.1) is 0 Å². The second-order valence-electron chi connectivity index (χ2n) is 5.57. The quantitative estimate of drug-likeness (QED) is 0.524. The fourth-order valence-electron chi connectivity index (χ4n) is 2.69. The van der Waals surface area contributed by atoms with E-state index in [1.54, 1.807) is 25.3 Å². The van der Waals surface area contributed by atoms with E-state index in [-0.39, 0.29) is 5.75 Å². The molecule has 0 aliphatic heterocycles. The van der Waals surface area contributed by atoms with Crippen LogP contribution in [-0.2, 0) is 0 Å². The van der Waals surface area contributed by atoms with E-state index in [0.29, 0.717) is 5.82 Å². The fraction of sp³-hybridized carbons (Fsp3) is 0.0526. The number of phenols is 1. The Bertz CT molecular complexity index is 1030. The van der Waals surface area contributed by atoms with Crippen molar-refractivity contribution in [3.05, 3.63) is 60.9 Å². The maximum atomic E-state index is 9.61. The van der Waals surface area contributed by atoms with Gasteiger partial charge in [0.05, 0.1) is 12.5 Å². The van der Waals surface area contributed by atoms with E-state index in [9.17, 15) is 5.11 Å². The first-order valence-corrected chi connectivity index (χ1v) is 7.77. The molecular formula is C19H16N4O2. The Kier molecular flexibility index (Phi) is 3.70. The molecule has 0 aliphatic carbocycles. The summed E-state index contributed by atoms with van der Waals surface area (Å²) in [7, 11) is 1.65. The number of hydrogen-bond donors (Lipinski definition) is 3. The van der Waals surface area contributed by atoms with E-state index in [2.05, 4.69) is 20.3 Å². The second kappa shape index (κ2) is 6.16. The zero-order valence-corrected chi connectivity index (χ0v) is 13.5. The van der Waals surface area contributed by atoms with Gasteiger partial charge in [0.15, 0.2) is 0 Å². The number of rotatable bonds is 4. The van der Waals surface area contributed by atoms with Crippen molar-refractivity contribution in [3.63, 3.8) is 0 Å². The van der Waals surface area contributed by atoms with Gasteiger partial charge >= 0.3 is 0 Å². The Morgan fingerprint density at radius 2 is 1.88 bits per heavy atom. The van der Waals surface area contributed by atoms with E-state index in [4.69, 9.17) is 4.74 Å². The number of aromatic hydroxyl groups is 1. The summed E-state index contributed by atoms with van der Waals surface area (Å²) in [6.45, 7) is 0. The van der Waals surface area contributed by atoms with Crippen LogP contribution in [0.25, 0.3) is 22.3 Å². The SMILES string of the molecule is COc1ccc(-c2cc3c(Nc4cccc(O)c4)ncnc3[nH]2)cc1. The molecule has 0 aliphatic rings. The van der Waals surface area contributed by atoms with Crippen molar-refractivity contribution >= 4 is 22.5 Å². The van der Waals surface area contributed by atoms with Crippen LogP contribution in [-0.4, -0.2) is 27.2 Å². The Morgan fingerprint density at radius 1 is 1.04 bits per heavy atom. The van der Waals surface area contributed by atoms with Crippen LogP contribution in [0.5, 0.6) is 11.5 Å². The molecule has 2 heterocycles. The van der Waals surface area contributed by atoms with Gasteiger partial charge in [0.1, 0.15) is 29.3 Å². The molecule has 0 unspecified atom stereocenters. The van der Waals surface area contributed by atoms with Crippen LogP contribution >= 0.6 is 0 Å². The second-order valence-corrected chi connectivity index (χ2v) is 5.57. The Hall–Kier alpha value is -3.54. The number of nitrogens with zero attached hydrogens (tertiary/aromatic N) is 2. The first kappa shape index (κ1) is 15.0. The Balaban J connectivity index is 1.73. The summed E-state index contributed by atoms with van der Waals surface area (Å²) >= 11 is 0. The molecule has 0 bridgehead atoms. The number of methoxy groups -OCH3 is 1. The van der Waals surface area contributed by atoms with Crippen LogP contribution < -0.4 is 10.1 Å². The highest BCUT2D eigenvalue weighted by molar-refractivity contribution is 5.93. The number of nitrogens with one attached hydrogen (secondary N) is 2. The molecule has 0 spiro atoms. The molecule has 0 radical (unpaired) electrons. The van der Waals surface area contributed by atoms with Gasteiger partial charge in [0.25, 0.3) is 0 Å². The van der Waals surface area contributed by atoms with Crippen LogP contribution in [0.15, 0.2) is 60.9 Å². The molecule has 6 heteroatoms. The first-order chi connectivity index (χ1) is 12.2. The maximum absolute atomic E-state index is 9.61. The number of fused-ring (bicyclic) bond motifs is 1. The molecule has 0 atom stereocenters. The van der Waals surface area contributed by atoms with E-state index >= 15 is 0 Å². The summed E-state index contributed by atoms with van der Waals surface area (Å²) in [5.74, 6) is 1.68. The van der Waals surface area contributed by atoms with Crippen molar-refractivity contribution in [2.75, 3.05) is 12.4 Å². The molecular weight excluding hydrogens is 316 g/mol. The third-order valence-corrected chi connectivity index (χ3v) is 3.94. The minimum atomic E-state index is 0.197. The van der Waals surface area contributed by atoms with Gasteiger partial charge in [-0.3, -0.25) is 0 Å². The van der Waals surface area contributed by atoms with Crippen molar-refractivity contribution < 1.29 is 9.84 Å². The summed E-state index contributed by atoms with van der Waals surface area (Å²) in [5, 5.41) is 13.7. The molecule has 0 amide bonds. The molecule has 6 nitrogen and oxygen atoms in total. The van der Waals surface area contributed by atoms with Crippen LogP contribution in [0.4, 0.5) is 11.5 Å². The summed E-state index contributed by atoms with van der Waals surface area (Å²) in [6.07, 6.45) is 1.50. The Morgan fingerprint density at radius 3 is 2.64 bits per heavy atom. The lowest BCUT2D eigenvalue weighted by molar-refractivity contribution is 0.415. The lowest BCUT2D eigenvalue weighted by atomic mass is 10.1. The predicted molar refractivity (Wildman–Crippen MR) is 97.3 cm³/mol. The molecule has 0 saturated heterocycles. The molecule has 0 saturated carbocycles. The van der Waals surface area contributed by atoms with Gasteiger partial charge in [-0.1, -0.05) is 6.07 Å². The lowest BCUT2D eigenvalue weighted by Crippen LogP contribution is -1.94. The zero-order valence-electron chi connectivity index (χ0n) is 13.5. The predicted octanol–water partition coefficient (Wildman–Crippen LogP) is 4.08. The number of phenolic OH excluding ortho intramolecular Hbond substituents is 1. The number of benzene rings is 2. The molecule has 0 fully saturated rings. The number of aromatic nitrogens is 3. The van der Waals surface area contributed by atoms with Gasteiger partial charge in [-0.2, -0.15) is 0 Å². The molecule has 124 valence electrons. The van der Waals surface area contributed by atoms with E-state index < -0.39 is 0 Å². The number of aromatic amines is 1. The maximum Gasteiger partial charge on any atom is 0.143 e. The van der Waals surface area contributed by atoms with Gasteiger partial charge in [-0.15, -0.1) is 0 Å². The topological polar surface area (TPSA) is 83.1 Å². The third-order valence-electron chi connectivity index (χ3n) is 3.94. The molecule has 25 heavy (non-hydrogen) atoms. The minimum absolute atomic E-state index is 0.197. The monoisotopic (exact) mass is 332 g/mol. The van der Waals surface area contributed by atoms with Gasteiger partial charge in [0.2, 0.25) is 0 Å². The number of ether oxygens (including phenoxy) is 1. The highest BCUT2D eigenvalue weighted by Crippen LogP contribution is 2.29. The van der Waals surface area contributed by atoms with Gasteiger partial charge in [-0.25, -0.2) is 9.97 Å².